The molecule has 1 amide bonds. The van der Waals surface area contributed by atoms with Crippen molar-refractivity contribution in [3.8, 4) is 0 Å². The summed E-state index contributed by atoms with van der Waals surface area (Å²) in [5.74, 6) is -1.06. The molecule has 6 heteroatoms. The number of halogens is 2. The molecule has 0 radical (unpaired) electrons. The van der Waals surface area contributed by atoms with Gasteiger partial charge in [0.15, 0.2) is 0 Å². The molecule has 1 aliphatic rings. The molecule has 1 N–H and O–H groups in total. The number of aryl methyl sites for hydroxylation is 1. The molecule has 1 atom stereocenters. The maximum absolute atomic E-state index is 13.1. The molecule has 3 rings (SSSR count). The first-order valence-electron chi connectivity index (χ1n) is 7.08. The smallest absolute Gasteiger partial charge is 0.268 e. The van der Waals surface area contributed by atoms with Gasteiger partial charge in [-0.05, 0) is 48.4 Å². The van der Waals surface area contributed by atoms with Crippen LogP contribution in [-0.2, 0) is 9.63 Å². The fourth-order valence-electron chi connectivity index (χ4n) is 2.31. The lowest BCUT2D eigenvalue weighted by atomic mass is 10.0. The minimum absolute atomic E-state index is 0.289. The molecular formula is C17H14F2N2O2. The van der Waals surface area contributed by atoms with E-state index >= 15 is 0 Å². The molecule has 0 aliphatic carbocycles. The van der Waals surface area contributed by atoms with Crippen LogP contribution in [0.3, 0.4) is 0 Å². The van der Waals surface area contributed by atoms with E-state index in [9.17, 15) is 13.6 Å². The highest BCUT2D eigenvalue weighted by Gasteiger charge is 2.29. The van der Waals surface area contributed by atoms with E-state index in [0.717, 1.165) is 0 Å². The van der Waals surface area contributed by atoms with Gasteiger partial charge in [-0.1, -0.05) is 17.3 Å². The number of benzene rings is 2. The second kappa shape index (κ2) is 6.16. The fraction of sp³-hybridized carbons (Fsp3) is 0.176. The van der Waals surface area contributed by atoms with Crippen molar-refractivity contribution in [1.29, 1.82) is 0 Å². The van der Waals surface area contributed by atoms with Gasteiger partial charge in [0.05, 0.1) is 5.71 Å². The topological polar surface area (TPSA) is 50.7 Å². The number of rotatable bonds is 3. The van der Waals surface area contributed by atoms with Crippen LogP contribution in [0.5, 0.6) is 0 Å². The SMILES string of the molecule is Cc1cc(F)ccc1NC(=O)C1CC(c2ccc(F)cc2)=NO1. The number of amides is 1. The van der Waals surface area contributed by atoms with Crippen LogP contribution in [0, 0.1) is 18.6 Å². The van der Waals surface area contributed by atoms with Gasteiger partial charge in [0.1, 0.15) is 11.6 Å². The van der Waals surface area contributed by atoms with Gasteiger partial charge in [-0.15, -0.1) is 0 Å². The first-order valence-corrected chi connectivity index (χ1v) is 7.08. The van der Waals surface area contributed by atoms with Crippen molar-refractivity contribution in [3.05, 3.63) is 65.2 Å². The number of nitrogens with one attached hydrogen (secondary N) is 1. The summed E-state index contributed by atoms with van der Waals surface area (Å²) in [6.45, 7) is 1.70. The average molecular weight is 316 g/mol. The Hall–Kier alpha value is -2.76. The van der Waals surface area contributed by atoms with Crippen molar-refractivity contribution in [2.45, 2.75) is 19.4 Å². The Kier molecular flexibility index (Phi) is 4.06. The summed E-state index contributed by atoms with van der Waals surface area (Å²) < 4.78 is 26.0. The quantitative estimate of drug-likeness (QED) is 0.943. The van der Waals surface area contributed by atoms with Crippen molar-refractivity contribution in [1.82, 2.24) is 0 Å². The monoisotopic (exact) mass is 316 g/mol. The number of oxime groups is 1. The lowest BCUT2D eigenvalue weighted by Gasteiger charge is -2.11. The Morgan fingerprint density at radius 3 is 2.57 bits per heavy atom. The first kappa shape index (κ1) is 15.1. The number of carbonyl (C=O) groups is 1. The largest absolute Gasteiger partial charge is 0.382 e. The summed E-state index contributed by atoms with van der Waals surface area (Å²) in [6, 6.07) is 9.94. The molecule has 118 valence electrons. The van der Waals surface area contributed by atoms with Gasteiger partial charge in [0.2, 0.25) is 6.10 Å². The zero-order valence-corrected chi connectivity index (χ0v) is 12.3. The van der Waals surface area contributed by atoms with E-state index in [4.69, 9.17) is 4.84 Å². The van der Waals surface area contributed by atoms with Crippen LogP contribution in [0.15, 0.2) is 47.6 Å². The highest BCUT2D eigenvalue weighted by Crippen LogP contribution is 2.20. The van der Waals surface area contributed by atoms with Gasteiger partial charge in [-0.3, -0.25) is 4.79 Å². The van der Waals surface area contributed by atoms with Crippen LogP contribution in [0.4, 0.5) is 14.5 Å². The van der Waals surface area contributed by atoms with Gasteiger partial charge in [-0.2, -0.15) is 0 Å². The van der Waals surface area contributed by atoms with E-state index in [1.54, 1.807) is 19.1 Å². The standard InChI is InChI=1S/C17H14F2N2O2/c1-10-8-13(19)6-7-14(10)20-17(22)16-9-15(21-23-16)11-2-4-12(18)5-3-11/h2-8,16H,9H2,1H3,(H,20,22). The number of anilines is 1. The van der Waals surface area contributed by atoms with Crippen LogP contribution in [0.2, 0.25) is 0 Å². The number of nitrogens with zero attached hydrogens (tertiary/aromatic N) is 1. The van der Waals surface area contributed by atoms with Crippen molar-refractivity contribution in [2.75, 3.05) is 5.32 Å². The van der Waals surface area contributed by atoms with Crippen LogP contribution in [0.25, 0.3) is 0 Å². The Morgan fingerprint density at radius 1 is 1.17 bits per heavy atom. The van der Waals surface area contributed by atoms with Gasteiger partial charge < -0.3 is 10.2 Å². The molecule has 0 bridgehead atoms. The summed E-state index contributed by atoms with van der Waals surface area (Å²) >= 11 is 0. The third kappa shape index (κ3) is 3.36. The third-order valence-electron chi connectivity index (χ3n) is 3.59. The lowest BCUT2D eigenvalue weighted by Crippen LogP contribution is -2.28. The van der Waals surface area contributed by atoms with E-state index in [-0.39, 0.29) is 24.0 Å². The molecule has 1 unspecified atom stereocenters. The summed E-state index contributed by atoms with van der Waals surface area (Å²) in [6.07, 6.45) is -0.475. The maximum Gasteiger partial charge on any atom is 0.268 e. The Labute approximate surface area is 131 Å². The first-order chi connectivity index (χ1) is 11.0. The van der Waals surface area contributed by atoms with Crippen LogP contribution in [0.1, 0.15) is 17.5 Å². The molecule has 0 fully saturated rings. The Balaban J connectivity index is 1.65. The maximum atomic E-state index is 13.1. The van der Waals surface area contributed by atoms with Gasteiger partial charge >= 0.3 is 0 Å². The molecule has 0 saturated heterocycles. The molecule has 0 saturated carbocycles. The summed E-state index contributed by atoms with van der Waals surface area (Å²) in [4.78, 5) is 17.4. The van der Waals surface area contributed by atoms with Crippen molar-refractivity contribution in [3.63, 3.8) is 0 Å². The molecule has 23 heavy (non-hydrogen) atoms. The average Bonchev–Trinajstić information content (AvgIpc) is 3.01. The minimum atomic E-state index is -0.764. The molecule has 1 heterocycles. The predicted molar refractivity (Wildman–Crippen MR) is 82.2 cm³/mol. The minimum Gasteiger partial charge on any atom is -0.382 e. The highest BCUT2D eigenvalue weighted by atomic mass is 19.1. The van der Waals surface area contributed by atoms with Gasteiger partial charge in [-0.25, -0.2) is 8.78 Å². The van der Waals surface area contributed by atoms with Gasteiger partial charge in [0.25, 0.3) is 5.91 Å². The second-order valence-corrected chi connectivity index (χ2v) is 5.29. The number of hydrogen-bond donors (Lipinski definition) is 1. The zero-order valence-electron chi connectivity index (χ0n) is 12.3. The molecule has 2 aromatic carbocycles. The van der Waals surface area contributed by atoms with Crippen LogP contribution >= 0.6 is 0 Å². The third-order valence-corrected chi connectivity index (χ3v) is 3.59. The van der Waals surface area contributed by atoms with Crippen molar-refractivity contribution in [2.24, 2.45) is 5.16 Å². The molecule has 1 aliphatic heterocycles. The molecule has 0 spiro atoms. The zero-order chi connectivity index (χ0) is 16.4. The predicted octanol–water partition coefficient (Wildman–Crippen LogP) is 3.40. The fourth-order valence-corrected chi connectivity index (χ4v) is 2.31. The second-order valence-electron chi connectivity index (χ2n) is 5.29. The Morgan fingerprint density at radius 2 is 1.87 bits per heavy atom. The van der Waals surface area contributed by atoms with Crippen molar-refractivity contribution >= 4 is 17.3 Å². The van der Waals surface area contributed by atoms with Gasteiger partial charge in [0, 0.05) is 12.1 Å². The molecule has 0 aromatic heterocycles. The molecule has 2 aromatic rings. The Bertz CT molecular complexity index is 773. The number of hydrogen-bond acceptors (Lipinski definition) is 3. The van der Waals surface area contributed by atoms with Crippen LogP contribution < -0.4 is 5.32 Å². The van der Waals surface area contributed by atoms with Crippen LogP contribution in [-0.4, -0.2) is 17.7 Å². The lowest BCUT2D eigenvalue weighted by molar-refractivity contribution is -0.125. The van der Waals surface area contributed by atoms with E-state index in [1.165, 1.54) is 30.3 Å². The highest BCUT2D eigenvalue weighted by molar-refractivity contribution is 6.06. The van der Waals surface area contributed by atoms with E-state index < -0.39 is 6.10 Å². The number of carbonyl (C=O) groups excluding carboxylic acids is 1. The molecular weight excluding hydrogens is 302 g/mol. The summed E-state index contributed by atoms with van der Waals surface area (Å²) in [5, 5.41) is 6.59. The van der Waals surface area contributed by atoms with E-state index in [0.29, 0.717) is 22.5 Å². The van der Waals surface area contributed by atoms with E-state index in [1.807, 2.05) is 0 Å². The summed E-state index contributed by atoms with van der Waals surface area (Å²) in [5.41, 5.74) is 2.44. The molecule has 4 nitrogen and oxygen atoms in total. The summed E-state index contributed by atoms with van der Waals surface area (Å²) in [7, 11) is 0. The van der Waals surface area contributed by atoms with Crippen molar-refractivity contribution < 1.29 is 18.4 Å². The van der Waals surface area contributed by atoms with E-state index in [2.05, 4.69) is 10.5 Å². The normalized spacial score (nSPS) is 16.7.